The second-order valence-electron chi connectivity index (χ2n) is 8.57. The SMILES string of the molecule is O=C1C(=O)N(CCCN2CCOCC2)C(c2ccccc2)C1=C(O)c1ccc2c(c1)OCCO2. The van der Waals surface area contributed by atoms with Crippen molar-refractivity contribution in [3.63, 3.8) is 0 Å². The van der Waals surface area contributed by atoms with Crippen LogP contribution in [0.1, 0.15) is 23.6 Å². The van der Waals surface area contributed by atoms with Crippen LogP contribution in [-0.2, 0) is 14.3 Å². The lowest BCUT2D eigenvalue weighted by Crippen LogP contribution is -2.38. The molecule has 0 aliphatic carbocycles. The van der Waals surface area contributed by atoms with E-state index in [2.05, 4.69) is 4.90 Å². The molecule has 0 bridgehead atoms. The van der Waals surface area contributed by atoms with Gasteiger partial charge < -0.3 is 24.2 Å². The molecule has 3 heterocycles. The Balaban J connectivity index is 1.46. The first-order chi connectivity index (χ1) is 16.6. The predicted molar refractivity (Wildman–Crippen MR) is 125 cm³/mol. The summed E-state index contributed by atoms with van der Waals surface area (Å²) in [5, 5.41) is 11.3. The monoisotopic (exact) mass is 464 g/mol. The highest BCUT2D eigenvalue weighted by atomic mass is 16.6. The summed E-state index contributed by atoms with van der Waals surface area (Å²) in [5.41, 5.74) is 1.29. The van der Waals surface area contributed by atoms with Crippen LogP contribution in [0.3, 0.4) is 0 Å². The van der Waals surface area contributed by atoms with Gasteiger partial charge in [-0.2, -0.15) is 0 Å². The lowest BCUT2D eigenvalue weighted by atomic mass is 9.95. The van der Waals surface area contributed by atoms with Crippen LogP contribution < -0.4 is 9.47 Å². The average molecular weight is 465 g/mol. The molecule has 3 aliphatic heterocycles. The van der Waals surface area contributed by atoms with E-state index < -0.39 is 17.7 Å². The van der Waals surface area contributed by atoms with E-state index in [0.29, 0.717) is 50.0 Å². The third-order valence-corrected chi connectivity index (χ3v) is 6.45. The number of carbonyl (C=O) groups excluding carboxylic acids is 2. The molecule has 0 saturated carbocycles. The van der Waals surface area contributed by atoms with Crippen LogP contribution in [0.25, 0.3) is 5.76 Å². The van der Waals surface area contributed by atoms with E-state index in [-0.39, 0.29) is 11.3 Å². The van der Waals surface area contributed by atoms with Crippen LogP contribution in [0.15, 0.2) is 54.1 Å². The summed E-state index contributed by atoms with van der Waals surface area (Å²) in [4.78, 5) is 30.2. The van der Waals surface area contributed by atoms with Crippen LogP contribution in [0, 0.1) is 0 Å². The maximum atomic E-state index is 13.2. The van der Waals surface area contributed by atoms with Gasteiger partial charge in [-0.05, 0) is 30.2 Å². The number of fused-ring (bicyclic) bond motifs is 1. The third kappa shape index (κ3) is 4.38. The van der Waals surface area contributed by atoms with Gasteiger partial charge in [0.1, 0.15) is 19.0 Å². The van der Waals surface area contributed by atoms with Crippen LogP contribution >= 0.6 is 0 Å². The number of rotatable bonds is 6. The number of likely N-dealkylation sites (tertiary alicyclic amines) is 1. The number of aliphatic hydroxyl groups excluding tert-OH is 1. The molecular formula is C26H28N2O6. The minimum absolute atomic E-state index is 0.0965. The Labute approximate surface area is 198 Å². The van der Waals surface area contributed by atoms with Gasteiger partial charge in [0.2, 0.25) is 0 Å². The number of Topliss-reactive ketones (excluding diaryl/α,β-unsaturated/α-hetero) is 1. The van der Waals surface area contributed by atoms with Gasteiger partial charge in [-0.15, -0.1) is 0 Å². The molecule has 0 aromatic heterocycles. The fraction of sp³-hybridized carbons (Fsp3) is 0.385. The molecule has 2 aromatic carbocycles. The van der Waals surface area contributed by atoms with E-state index in [0.717, 1.165) is 31.6 Å². The Morgan fingerprint density at radius 2 is 1.65 bits per heavy atom. The number of benzene rings is 2. The van der Waals surface area contributed by atoms with Crippen molar-refractivity contribution in [1.29, 1.82) is 0 Å². The summed E-state index contributed by atoms with van der Waals surface area (Å²) < 4.78 is 16.6. The smallest absolute Gasteiger partial charge is 0.295 e. The van der Waals surface area contributed by atoms with E-state index in [1.165, 1.54) is 0 Å². The molecule has 2 aromatic rings. The van der Waals surface area contributed by atoms with Gasteiger partial charge in [-0.1, -0.05) is 30.3 Å². The molecule has 34 heavy (non-hydrogen) atoms. The molecular weight excluding hydrogens is 436 g/mol. The number of amides is 1. The molecule has 5 rings (SSSR count). The number of ketones is 1. The lowest BCUT2D eigenvalue weighted by molar-refractivity contribution is -0.140. The summed E-state index contributed by atoms with van der Waals surface area (Å²) in [6.45, 7) is 5.26. The summed E-state index contributed by atoms with van der Waals surface area (Å²) >= 11 is 0. The van der Waals surface area contributed by atoms with Crippen molar-refractivity contribution in [2.45, 2.75) is 12.5 Å². The Morgan fingerprint density at radius 1 is 0.912 bits per heavy atom. The molecule has 8 heteroatoms. The summed E-state index contributed by atoms with van der Waals surface area (Å²) in [6.07, 6.45) is 0.723. The number of hydrogen-bond acceptors (Lipinski definition) is 7. The molecule has 3 aliphatic rings. The van der Waals surface area contributed by atoms with Gasteiger partial charge in [-0.25, -0.2) is 0 Å². The molecule has 1 atom stereocenters. The highest BCUT2D eigenvalue weighted by Crippen LogP contribution is 2.41. The summed E-state index contributed by atoms with van der Waals surface area (Å²) in [5.74, 6) is -0.375. The minimum atomic E-state index is -0.674. The van der Waals surface area contributed by atoms with Crippen molar-refractivity contribution in [1.82, 2.24) is 9.80 Å². The molecule has 178 valence electrons. The highest BCUT2D eigenvalue weighted by molar-refractivity contribution is 6.46. The number of nitrogens with zero attached hydrogens (tertiary/aromatic N) is 2. The second kappa shape index (κ2) is 9.87. The first-order valence-electron chi connectivity index (χ1n) is 11.7. The fourth-order valence-electron chi connectivity index (χ4n) is 4.73. The topological polar surface area (TPSA) is 88.5 Å². The molecule has 1 unspecified atom stereocenters. The maximum absolute atomic E-state index is 13.2. The third-order valence-electron chi connectivity index (χ3n) is 6.45. The molecule has 0 radical (unpaired) electrons. The molecule has 8 nitrogen and oxygen atoms in total. The first kappa shape index (κ1) is 22.4. The van der Waals surface area contributed by atoms with Gasteiger partial charge in [0.05, 0.1) is 24.8 Å². The lowest BCUT2D eigenvalue weighted by Gasteiger charge is -2.29. The van der Waals surface area contributed by atoms with Crippen LogP contribution in [-0.4, -0.2) is 79.2 Å². The molecule has 2 saturated heterocycles. The van der Waals surface area contributed by atoms with Crippen molar-refractivity contribution >= 4 is 17.4 Å². The molecule has 2 fully saturated rings. The highest BCUT2D eigenvalue weighted by Gasteiger charge is 2.45. The van der Waals surface area contributed by atoms with E-state index >= 15 is 0 Å². The van der Waals surface area contributed by atoms with Crippen LogP contribution in [0.5, 0.6) is 11.5 Å². The van der Waals surface area contributed by atoms with Crippen LogP contribution in [0.4, 0.5) is 0 Å². The molecule has 1 N–H and O–H groups in total. The number of aliphatic hydroxyl groups is 1. The first-order valence-corrected chi connectivity index (χ1v) is 11.7. The maximum Gasteiger partial charge on any atom is 0.295 e. The van der Waals surface area contributed by atoms with Crippen LogP contribution in [0.2, 0.25) is 0 Å². The predicted octanol–water partition coefficient (Wildman–Crippen LogP) is 2.60. The zero-order chi connectivity index (χ0) is 23.5. The van der Waals surface area contributed by atoms with Gasteiger partial charge >= 0.3 is 0 Å². The van der Waals surface area contributed by atoms with Gasteiger partial charge in [0, 0.05) is 31.7 Å². The minimum Gasteiger partial charge on any atom is -0.507 e. The van der Waals surface area contributed by atoms with Gasteiger partial charge in [0.15, 0.2) is 11.5 Å². The van der Waals surface area contributed by atoms with Crippen molar-refractivity contribution in [2.75, 3.05) is 52.6 Å². The number of carbonyl (C=O) groups is 2. The van der Waals surface area contributed by atoms with Crippen molar-refractivity contribution in [3.05, 3.63) is 65.2 Å². The number of ether oxygens (including phenoxy) is 3. The number of morpholine rings is 1. The van der Waals surface area contributed by atoms with E-state index in [1.54, 1.807) is 23.1 Å². The zero-order valence-corrected chi connectivity index (χ0v) is 18.9. The van der Waals surface area contributed by atoms with E-state index in [1.807, 2.05) is 30.3 Å². The quantitative estimate of drug-likeness (QED) is 0.399. The van der Waals surface area contributed by atoms with Crippen molar-refractivity contribution in [2.24, 2.45) is 0 Å². The average Bonchev–Trinajstić information content (AvgIpc) is 3.14. The van der Waals surface area contributed by atoms with Crippen molar-refractivity contribution in [3.8, 4) is 11.5 Å². The van der Waals surface area contributed by atoms with Gasteiger partial charge in [-0.3, -0.25) is 14.5 Å². The van der Waals surface area contributed by atoms with E-state index in [4.69, 9.17) is 14.2 Å². The molecule has 0 spiro atoms. The van der Waals surface area contributed by atoms with Gasteiger partial charge in [0.25, 0.3) is 11.7 Å². The zero-order valence-electron chi connectivity index (χ0n) is 18.9. The standard InChI is InChI=1S/C26H28N2O6/c29-24(19-7-8-20-21(17-19)34-16-15-33-20)22-23(18-5-2-1-3-6-18)28(26(31)25(22)30)10-4-9-27-11-13-32-14-12-27/h1-3,5-8,17,23,29H,4,9-16H2. The van der Waals surface area contributed by atoms with E-state index in [9.17, 15) is 14.7 Å². The van der Waals surface area contributed by atoms with Crippen molar-refractivity contribution < 1.29 is 28.9 Å². The second-order valence-corrected chi connectivity index (χ2v) is 8.57. The summed E-state index contributed by atoms with van der Waals surface area (Å²) in [6, 6.07) is 13.8. The fourth-order valence-corrected chi connectivity index (χ4v) is 4.73. The Bertz CT molecular complexity index is 1090. The normalized spacial score (nSPS) is 22.2. The Kier molecular flexibility index (Phi) is 6.51. The largest absolute Gasteiger partial charge is 0.507 e. The molecule has 1 amide bonds. The Hall–Kier alpha value is -3.36. The number of hydrogen-bond donors (Lipinski definition) is 1. The Morgan fingerprint density at radius 3 is 2.41 bits per heavy atom. The summed E-state index contributed by atoms with van der Waals surface area (Å²) in [7, 11) is 0.